The highest BCUT2D eigenvalue weighted by molar-refractivity contribution is 6.31. The summed E-state index contributed by atoms with van der Waals surface area (Å²) in [6.45, 7) is 4.74. The van der Waals surface area contributed by atoms with E-state index in [1.54, 1.807) is 18.2 Å². The molecule has 0 unspecified atom stereocenters. The van der Waals surface area contributed by atoms with E-state index in [1.807, 2.05) is 24.3 Å². The molecule has 0 spiro atoms. The van der Waals surface area contributed by atoms with Gasteiger partial charge in [0.05, 0.1) is 12.2 Å². The fourth-order valence-corrected chi connectivity index (χ4v) is 2.44. The van der Waals surface area contributed by atoms with E-state index in [1.165, 1.54) is 0 Å². The van der Waals surface area contributed by atoms with E-state index in [0.717, 1.165) is 30.5 Å². The van der Waals surface area contributed by atoms with Crippen molar-refractivity contribution in [2.75, 3.05) is 11.9 Å². The van der Waals surface area contributed by atoms with Crippen LogP contribution in [0.1, 0.15) is 42.6 Å². The van der Waals surface area contributed by atoms with Crippen LogP contribution < -0.4 is 10.1 Å². The van der Waals surface area contributed by atoms with Gasteiger partial charge in [-0.25, -0.2) is 0 Å². The Labute approximate surface area is 142 Å². The van der Waals surface area contributed by atoms with Crippen LogP contribution >= 0.6 is 11.6 Å². The van der Waals surface area contributed by atoms with Crippen LogP contribution in [0.4, 0.5) is 5.69 Å². The molecule has 0 atom stereocenters. The summed E-state index contributed by atoms with van der Waals surface area (Å²) in [5.74, 6) is 0.356. The molecule has 2 aromatic carbocycles. The molecule has 0 bridgehead atoms. The van der Waals surface area contributed by atoms with Gasteiger partial charge >= 0.3 is 0 Å². The van der Waals surface area contributed by atoms with Gasteiger partial charge in [0.15, 0.2) is 0 Å². The zero-order chi connectivity index (χ0) is 16.7. The van der Waals surface area contributed by atoms with E-state index in [0.29, 0.717) is 22.9 Å². The van der Waals surface area contributed by atoms with Gasteiger partial charge in [-0.1, -0.05) is 50.1 Å². The standard InChI is InChI=1S/C19H22ClNO2/c1-3-5-12-23-18-11-10-15(20)13-16(18)19(22)21-17-9-7-6-8-14(17)4-2/h6-11,13H,3-5,12H2,1-2H3,(H,21,22). The van der Waals surface area contributed by atoms with E-state index in [9.17, 15) is 4.79 Å². The molecule has 3 nitrogen and oxygen atoms in total. The van der Waals surface area contributed by atoms with Crippen molar-refractivity contribution in [3.05, 3.63) is 58.6 Å². The van der Waals surface area contributed by atoms with Gasteiger partial charge in [-0.15, -0.1) is 0 Å². The number of carbonyl (C=O) groups is 1. The molecule has 0 aliphatic rings. The molecule has 0 aliphatic heterocycles. The Balaban J connectivity index is 2.22. The Morgan fingerprint density at radius 1 is 1.17 bits per heavy atom. The van der Waals surface area contributed by atoms with Crippen molar-refractivity contribution in [2.45, 2.75) is 33.1 Å². The number of nitrogens with one attached hydrogen (secondary N) is 1. The first-order valence-corrected chi connectivity index (χ1v) is 8.35. The van der Waals surface area contributed by atoms with Crippen LogP contribution in [0.3, 0.4) is 0 Å². The molecule has 0 aliphatic carbocycles. The molecule has 0 aromatic heterocycles. The van der Waals surface area contributed by atoms with Crippen molar-refractivity contribution < 1.29 is 9.53 Å². The van der Waals surface area contributed by atoms with E-state index in [-0.39, 0.29) is 5.91 Å². The Morgan fingerprint density at radius 2 is 1.96 bits per heavy atom. The maximum atomic E-state index is 12.6. The van der Waals surface area contributed by atoms with Gasteiger partial charge in [0.2, 0.25) is 0 Å². The quantitative estimate of drug-likeness (QED) is 0.696. The molecule has 0 heterocycles. The zero-order valence-electron chi connectivity index (χ0n) is 13.6. The fourth-order valence-electron chi connectivity index (χ4n) is 2.27. The second-order valence-corrected chi connectivity index (χ2v) is 5.74. The van der Waals surface area contributed by atoms with E-state index in [2.05, 4.69) is 19.2 Å². The third kappa shape index (κ3) is 4.73. The summed E-state index contributed by atoms with van der Waals surface area (Å²) >= 11 is 6.05. The highest BCUT2D eigenvalue weighted by Crippen LogP contribution is 2.25. The number of hydrogen-bond acceptors (Lipinski definition) is 2. The Bertz CT molecular complexity index is 670. The molecule has 0 saturated heterocycles. The van der Waals surface area contributed by atoms with Gasteiger partial charge in [0.25, 0.3) is 5.91 Å². The van der Waals surface area contributed by atoms with Gasteiger partial charge in [-0.05, 0) is 42.7 Å². The third-order valence-corrected chi connectivity index (χ3v) is 3.82. The van der Waals surface area contributed by atoms with Gasteiger partial charge in [0.1, 0.15) is 5.75 Å². The molecule has 2 aromatic rings. The van der Waals surface area contributed by atoms with Crippen molar-refractivity contribution >= 4 is 23.2 Å². The van der Waals surface area contributed by atoms with E-state index >= 15 is 0 Å². The number of rotatable bonds is 7. The SMILES string of the molecule is CCCCOc1ccc(Cl)cc1C(=O)Nc1ccccc1CC. The Morgan fingerprint density at radius 3 is 2.70 bits per heavy atom. The van der Waals surface area contributed by atoms with Crippen molar-refractivity contribution in [1.82, 2.24) is 0 Å². The largest absolute Gasteiger partial charge is 0.493 e. The minimum Gasteiger partial charge on any atom is -0.493 e. The average Bonchev–Trinajstić information content (AvgIpc) is 2.56. The van der Waals surface area contributed by atoms with Crippen LogP contribution in [-0.2, 0) is 6.42 Å². The average molecular weight is 332 g/mol. The molecule has 4 heteroatoms. The van der Waals surface area contributed by atoms with Crippen molar-refractivity contribution in [1.29, 1.82) is 0 Å². The Hall–Kier alpha value is -2.00. The molecule has 122 valence electrons. The number of amides is 1. The van der Waals surface area contributed by atoms with Crippen LogP contribution in [0.2, 0.25) is 5.02 Å². The number of benzene rings is 2. The van der Waals surface area contributed by atoms with Crippen LogP contribution in [0, 0.1) is 0 Å². The molecule has 23 heavy (non-hydrogen) atoms. The first-order valence-electron chi connectivity index (χ1n) is 7.97. The lowest BCUT2D eigenvalue weighted by atomic mass is 10.1. The van der Waals surface area contributed by atoms with Gasteiger partial charge < -0.3 is 10.1 Å². The second kappa shape index (κ2) is 8.59. The number of carbonyl (C=O) groups excluding carboxylic acids is 1. The van der Waals surface area contributed by atoms with E-state index < -0.39 is 0 Å². The predicted molar refractivity (Wildman–Crippen MR) is 95.6 cm³/mol. The second-order valence-electron chi connectivity index (χ2n) is 5.31. The zero-order valence-corrected chi connectivity index (χ0v) is 14.3. The van der Waals surface area contributed by atoms with Gasteiger partial charge in [-0.2, -0.15) is 0 Å². The molecular formula is C19H22ClNO2. The van der Waals surface area contributed by atoms with Crippen LogP contribution in [-0.4, -0.2) is 12.5 Å². The maximum Gasteiger partial charge on any atom is 0.259 e. The summed E-state index contributed by atoms with van der Waals surface area (Å²) in [5.41, 5.74) is 2.37. The monoisotopic (exact) mass is 331 g/mol. The lowest BCUT2D eigenvalue weighted by Gasteiger charge is -2.13. The highest BCUT2D eigenvalue weighted by atomic mass is 35.5. The predicted octanol–water partition coefficient (Wildman–Crippen LogP) is 5.33. The summed E-state index contributed by atoms with van der Waals surface area (Å²) in [7, 11) is 0. The number of ether oxygens (including phenoxy) is 1. The maximum absolute atomic E-state index is 12.6. The normalized spacial score (nSPS) is 10.4. The van der Waals surface area contributed by atoms with Gasteiger partial charge in [0, 0.05) is 10.7 Å². The molecule has 1 amide bonds. The molecule has 1 N–H and O–H groups in total. The number of halogens is 1. The molecule has 0 radical (unpaired) electrons. The van der Waals surface area contributed by atoms with Crippen LogP contribution in [0.25, 0.3) is 0 Å². The molecule has 0 saturated carbocycles. The number of aryl methyl sites for hydroxylation is 1. The minimum atomic E-state index is -0.208. The Kier molecular flexibility index (Phi) is 6.48. The summed E-state index contributed by atoms with van der Waals surface area (Å²) in [6, 6.07) is 12.9. The fraction of sp³-hybridized carbons (Fsp3) is 0.316. The number of hydrogen-bond donors (Lipinski definition) is 1. The summed E-state index contributed by atoms with van der Waals surface area (Å²) in [5, 5.41) is 3.47. The first kappa shape index (κ1) is 17.4. The molecular weight excluding hydrogens is 310 g/mol. The molecule has 0 fully saturated rings. The van der Waals surface area contributed by atoms with Crippen LogP contribution in [0.15, 0.2) is 42.5 Å². The lowest BCUT2D eigenvalue weighted by Crippen LogP contribution is -2.15. The van der Waals surface area contributed by atoms with E-state index in [4.69, 9.17) is 16.3 Å². The van der Waals surface area contributed by atoms with Gasteiger partial charge in [-0.3, -0.25) is 4.79 Å². The van der Waals surface area contributed by atoms with Crippen LogP contribution in [0.5, 0.6) is 5.75 Å². The smallest absolute Gasteiger partial charge is 0.259 e. The number of anilines is 1. The van der Waals surface area contributed by atoms with Crippen molar-refractivity contribution in [3.8, 4) is 5.75 Å². The third-order valence-electron chi connectivity index (χ3n) is 3.59. The highest BCUT2D eigenvalue weighted by Gasteiger charge is 2.15. The topological polar surface area (TPSA) is 38.3 Å². The molecule has 2 rings (SSSR count). The summed E-state index contributed by atoms with van der Waals surface area (Å²) in [6.07, 6.45) is 2.84. The van der Waals surface area contributed by atoms with Crippen molar-refractivity contribution in [2.24, 2.45) is 0 Å². The van der Waals surface area contributed by atoms with Crippen molar-refractivity contribution in [3.63, 3.8) is 0 Å². The summed E-state index contributed by atoms with van der Waals surface area (Å²) in [4.78, 5) is 12.6. The minimum absolute atomic E-state index is 0.208. The number of para-hydroxylation sites is 1. The summed E-state index contributed by atoms with van der Waals surface area (Å²) < 4.78 is 5.73. The first-order chi connectivity index (χ1) is 11.2. The number of unbranched alkanes of at least 4 members (excludes halogenated alkanes) is 1. The lowest BCUT2D eigenvalue weighted by molar-refractivity contribution is 0.102.